The fraction of sp³-hybridized carbons (Fsp3) is 0.889. The second-order valence-corrected chi connectivity index (χ2v) is 6.34. The van der Waals surface area contributed by atoms with E-state index in [4.69, 9.17) is 5.11 Å². The van der Waals surface area contributed by atoms with Crippen molar-refractivity contribution < 1.29 is 19.8 Å². The molecular formula is C18H35NO4. The molecule has 0 rings (SSSR count). The predicted molar refractivity (Wildman–Crippen MR) is 92.8 cm³/mol. The monoisotopic (exact) mass is 329 g/mol. The average Bonchev–Trinajstić information content (AvgIpc) is 2.51. The number of carboxylic acids is 2. The first-order valence-corrected chi connectivity index (χ1v) is 9.14. The lowest BCUT2D eigenvalue weighted by Crippen LogP contribution is -2.55. The predicted octanol–water partition coefficient (Wildman–Crippen LogP) is 4.16. The smallest absolute Gasteiger partial charge is 0.324 e. The zero-order valence-electron chi connectivity index (χ0n) is 15.1. The first-order valence-electron chi connectivity index (χ1n) is 9.14. The molecule has 0 saturated heterocycles. The number of aliphatic carboxylic acids is 2. The van der Waals surface area contributed by atoms with E-state index in [1.165, 1.54) is 0 Å². The van der Waals surface area contributed by atoms with Gasteiger partial charge in [-0.15, -0.1) is 0 Å². The van der Waals surface area contributed by atoms with Crippen LogP contribution in [0.1, 0.15) is 85.0 Å². The molecule has 0 aromatic heterocycles. The van der Waals surface area contributed by atoms with Crippen LogP contribution >= 0.6 is 0 Å². The van der Waals surface area contributed by atoms with Crippen LogP contribution in [0.2, 0.25) is 0 Å². The minimum atomic E-state index is -1.04. The van der Waals surface area contributed by atoms with Gasteiger partial charge in [-0.1, -0.05) is 52.9 Å². The Hall–Kier alpha value is -1.10. The van der Waals surface area contributed by atoms with Gasteiger partial charge in [-0.25, -0.2) is 0 Å². The van der Waals surface area contributed by atoms with Crippen molar-refractivity contribution in [2.24, 2.45) is 0 Å². The number of hydrogen-bond donors (Lipinski definition) is 2. The Morgan fingerprint density at radius 2 is 1.39 bits per heavy atom. The van der Waals surface area contributed by atoms with E-state index in [9.17, 15) is 14.7 Å². The third-order valence-corrected chi connectivity index (χ3v) is 4.65. The summed E-state index contributed by atoms with van der Waals surface area (Å²) in [6.45, 7) is 7.61. The summed E-state index contributed by atoms with van der Waals surface area (Å²) in [5.74, 6) is -1.81. The summed E-state index contributed by atoms with van der Waals surface area (Å²) in [4.78, 5) is 25.0. The van der Waals surface area contributed by atoms with E-state index in [1.807, 2.05) is 11.8 Å². The highest BCUT2D eigenvalue weighted by Crippen LogP contribution is 2.28. The van der Waals surface area contributed by atoms with Gasteiger partial charge in [-0.3, -0.25) is 14.5 Å². The number of rotatable bonds is 15. The zero-order chi connectivity index (χ0) is 17.7. The Morgan fingerprint density at radius 3 is 1.83 bits per heavy atom. The van der Waals surface area contributed by atoms with Crippen molar-refractivity contribution in [1.29, 1.82) is 0 Å². The Bertz CT molecular complexity index is 346. The van der Waals surface area contributed by atoms with Gasteiger partial charge in [0.05, 0.1) is 0 Å². The third-order valence-electron chi connectivity index (χ3n) is 4.65. The van der Waals surface area contributed by atoms with Gasteiger partial charge in [0, 0.05) is 6.42 Å². The summed E-state index contributed by atoms with van der Waals surface area (Å²) >= 11 is 0. The topological polar surface area (TPSA) is 77.8 Å². The Balaban J connectivity index is 5.07. The van der Waals surface area contributed by atoms with E-state index in [2.05, 4.69) is 13.8 Å². The molecule has 0 aromatic carbocycles. The molecule has 0 radical (unpaired) electrons. The number of unbranched alkanes of at least 4 members (excludes halogenated alkanes) is 5. The van der Waals surface area contributed by atoms with E-state index < -0.39 is 17.5 Å². The number of carboxylic acid groups (broad SMARTS) is 2. The van der Waals surface area contributed by atoms with Crippen molar-refractivity contribution in [3.8, 4) is 0 Å². The van der Waals surface area contributed by atoms with Crippen molar-refractivity contribution >= 4 is 11.9 Å². The third kappa shape index (κ3) is 7.82. The lowest BCUT2D eigenvalue weighted by molar-refractivity contribution is -0.154. The van der Waals surface area contributed by atoms with E-state index in [0.717, 1.165) is 58.0 Å². The van der Waals surface area contributed by atoms with Crippen molar-refractivity contribution in [3.05, 3.63) is 0 Å². The average molecular weight is 329 g/mol. The number of carbonyl (C=O) groups is 2. The highest BCUT2D eigenvalue weighted by atomic mass is 16.4. The molecule has 0 amide bonds. The van der Waals surface area contributed by atoms with E-state index in [0.29, 0.717) is 6.42 Å². The van der Waals surface area contributed by atoms with Crippen LogP contribution in [-0.2, 0) is 9.59 Å². The molecule has 0 fully saturated rings. The Morgan fingerprint density at radius 1 is 0.870 bits per heavy atom. The van der Waals surface area contributed by atoms with Crippen molar-refractivity contribution in [2.75, 3.05) is 13.1 Å². The molecule has 0 saturated carbocycles. The standard InChI is InChI=1S/C18H35NO4/c1-4-7-9-11-15-19(14-10-8-5-2)18(6-3,17(22)23)13-12-16(20)21/h4-15H2,1-3H3,(H,20,21)(H,22,23)/t18-/m0/s1. The van der Waals surface area contributed by atoms with Crippen LogP contribution in [0.5, 0.6) is 0 Å². The maximum atomic E-state index is 12.0. The summed E-state index contributed by atoms with van der Waals surface area (Å²) in [7, 11) is 0. The van der Waals surface area contributed by atoms with Gasteiger partial charge in [-0.2, -0.15) is 0 Å². The van der Waals surface area contributed by atoms with Crippen LogP contribution < -0.4 is 0 Å². The lowest BCUT2D eigenvalue weighted by atomic mass is 9.87. The fourth-order valence-corrected chi connectivity index (χ4v) is 3.09. The maximum absolute atomic E-state index is 12.0. The van der Waals surface area contributed by atoms with E-state index in [-0.39, 0.29) is 12.8 Å². The summed E-state index contributed by atoms with van der Waals surface area (Å²) in [5, 5.41) is 18.8. The highest BCUT2D eigenvalue weighted by molar-refractivity contribution is 5.80. The summed E-state index contributed by atoms with van der Waals surface area (Å²) in [5.41, 5.74) is -1.04. The Labute approximate surface area is 141 Å². The molecule has 5 nitrogen and oxygen atoms in total. The summed E-state index contributed by atoms with van der Waals surface area (Å²) in [6, 6.07) is 0. The van der Waals surface area contributed by atoms with Gasteiger partial charge in [0.25, 0.3) is 0 Å². The molecule has 0 aliphatic rings. The molecule has 1 atom stereocenters. The molecular weight excluding hydrogens is 294 g/mol. The van der Waals surface area contributed by atoms with Crippen LogP contribution in [0, 0.1) is 0 Å². The van der Waals surface area contributed by atoms with Gasteiger partial charge >= 0.3 is 11.9 Å². The van der Waals surface area contributed by atoms with Crippen molar-refractivity contribution in [2.45, 2.75) is 90.5 Å². The second-order valence-electron chi connectivity index (χ2n) is 6.34. The summed E-state index contributed by atoms with van der Waals surface area (Å²) < 4.78 is 0. The minimum absolute atomic E-state index is 0.0978. The molecule has 0 unspecified atom stereocenters. The Kier molecular flexibility index (Phi) is 11.7. The van der Waals surface area contributed by atoms with Gasteiger partial charge < -0.3 is 10.2 Å². The van der Waals surface area contributed by atoms with Crippen LogP contribution in [-0.4, -0.2) is 45.7 Å². The number of nitrogens with zero attached hydrogens (tertiary/aromatic N) is 1. The largest absolute Gasteiger partial charge is 0.481 e. The molecule has 0 aromatic rings. The lowest BCUT2D eigenvalue weighted by Gasteiger charge is -2.40. The fourth-order valence-electron chi connectivity index (χ4n) is 3.09. The first-order chi connectivity index (χ1) is 10.9. The van der Waals surface area contributed by atoms with Crippen LogP contribution in [0.4, 0.5) is 0 Å². The van der Waals surface area contributed by atoms with Gasteiger partial charge in [0.2, 0.25) is 0 Å². The SMILES string of the molecule is CCCCCCN(CCCCC)[C@@](CC)(CCC(=O)O)C(=O)O. The molecule has 0 aliphatic carbocycles. The molecule has 23 heavy (non-hydrogen) atoms. The molecule has 0 heterocycles. The molecule has 2 N–H and O–H groups in total. The second kappa shape index (κ2) is 12.3. The number of hydrogen-bond acceptors (Lipinski definition) is 3. The molecule has 5 heteroatoms. The van der Waals surface area contributed by atoms with Crippen LogP contribution in [0.25, 0.3) is 0 Å². The maximum Gasteiger partial charge on any atom is 0.324 e. The highest BCUT2D eigenvalue weighted by Gasteiger charge is 2.42. The van der Waals surface area contributed by atoms with E-state index in [1.54, 1.807) is 0 Å². The normalized spacial score (nSPS) is 13.9. The van der Waals surface area contributed by atoms with Crippen molar-refractivity contribution in [1.82, 2.24) is 4.90 Å². The minimum Gasteiger partial charge on any atom is -0.481 e. The first kappa shape index (κ1) is 21.9. The van der Waals surface area contributed by atoms with Gasteiger partial charge in [0.15, 0.2) is 0 Å². The van der Waals surface area contributed by atoms with Crippen LogP contribution in [0.3, 0.4) is 0 Å². The van der Waals surface area contributed by atoms with Gasteiger partial charge in [-0.05, 0) is 38.8 Å². The van der Waals surface area contributed by atoms with Crippen LogP contribution in [0.15, 0.2) is 0 Å². The molecule has 0 spiro atoms. The quantitative estimate of drug-likeness (QED) is 0.441. The zero-order valence-corrected chi connectivity index (χ0v) is 15.1. The summed E-state index contributed by atoms with van der Waals surface area (Å²) in [6.07, 6.45) is 8.02. The molecule has 0 aliphatic heterocycles. The molecule has 0 bridgehead atoms. The van der Waals surface area contributed by atoms with Crippen molar-refractivity contribution in [3.63, 3.8) is 0 Å². The molecule has 136 valence electrons. The van der Waals surface area contributed by atoms with Gasteiger partial charge in [0.1, 0.15) is 5.54 Å². The van der Waals surface area contributed by atoms with E-state index >= 15 is 0 Å².